The van der Waals surface area contributed by atoms with Gasteiger partial charge in [0.25, 0.3) is 0 Å². The highest BCUT2D eigenvalue weighted by Gasteiger charge is 2.27. The fraction of sp³-hybridized carbons (Fsp3) is 0.240. The van der Waals surface area contributed by atoms with E-state index in [4.69, 9.17) is 15.1 Å². The van der Waals surface area contributed by atoms with Crippen molar-refractivity contribution in [2.24, 2.45) is 5.92 Å². The first-order valence-electron chi connectivity index (χ1n) is 11.0. The summed E-state index contributed by atoms with van der Waals surface area (Å²) < 4.78 is 6.82. The second-order valence-electron chi connectivity index (χ2n) is 8.20. The average molecular weight is 472 g/mol. The molecular formula is C25H21N5O3S. The maximum atomic E-state index is 11.1. The number of ether oxygens (including phenoxy) is 1. The minimum absolute atomic E-state index is 0.0409. The van der Waals surface area contributed by atoms with E-state index in [9.17, 15) is 4.79 Å². The quantitative estimate of drug-likeness (QED) is 0.384. The van der Waals surface area contributed by atoms with E-state index in [1.54, 1.807) is 18.5 Å². The van der Waals surface area contributed by atoms with Crippen LogP contribution in [0.1, 0.15) is 31.2 Å². The zero-order chi connectivity index (χ0) is 23.5. The lowest BCUT2D eigenvalue weighted by Gasteiger charge is -2.25. The van der Waals surface area contributed by atoms with Gasteiger partial charge in [0.05, 0.1) is 27.8 Å². The number of carboxylic acid groups (broad SMARTS) is 1. The van der Waals surface area contributed by atoms with Crippen LogP contribution in [-0.2, 0) is 4.79 Å². The number of nitriles is 1. The van der Waals surface area contributed by atoms with Crippen molar-refractivity contribution in [2.75, 3.05) is 5.32 Å². The summed E-state index contributed by atoms with van der Waals surface area (Å²) in [6.07, 6.45) is 6.06. The Labute approximate surface area is 199 Å². The second-order valence-corrected chi connectivity index (χ2v) is 9.23. The Kier molecular flexibility index (Phi) is 6.06. The van der Waals surface area contributed by atoms with E-state index in [1.165, 1.54) is 11.3 Å². The van der Waals surface area contributed by atoms with Crippen LogP contribution in [0.15, 0.2) is 54.9 Å². The Hall–Kier alpha value is -4.03. The monoisotopic (exact) mass is 471 g/mol. The van der Waals surface area contributed by atoms with Crippen LogP contribution in [0.5, 0.6) is 6.01 Å². The number of benzene rings is 2. The third kappa shape index (κ3) is 4.82. The molecule has 0 unspecified atom stereocenters. The molecule has 0 amide bonds. The fourth-order valence-electron chi connectivity index (χ4n) is 4.02. The van der Waals surface area contributed by atoms with E-state index in [2.05, 4.69) is 26.3 Å². The molecule has 0 spiro atoms. The van der Waals surface area contributed by atoms with E-state index in [0.717, 1.165) is 32.2 Å². The van der Waals surface area contributed by atoms with Gasteiger partial charge in [-0.05, 0) is 61.6 Å². The molecule has 1 aliphatic rings. The van der Waals surface area contributed by atoms with Gasteiger partial charge >= 0.3 is 12.0 Å². The van der Waals surface area contributed by atoms with Crippen LogP contribution >= 0.6 is 11.3 Å². The summed E-state index contributed by atoms with van der Waals surface area (Å²) in [5.74, 6) is -0.999. The van der Waals surface area contributed by atoms with Crippen molar-refractivity contribution in [2.45, 2.75) is 31.8 Å². The van der Waals surface area contributed by atoms with Gasteiger partial charge in [-0.2, -0.15) is 5.26 Å². The summed E-state index contributed by atoms with van der Waals surface area (Å²) in [6, 6.07) is 15.8. The van der Waals surface area contributed by atoms with Crippen molar-refractivity contribution in [3.05, 3.63) is 60.4 Å². The van der Waals surface area contributed by atoms with Crippen LogP contribution in [-0.4, -0.2) is 32.1 Å². The number of carboxylic acids is 1. The molecule has 34 heavy (non-hydrogen) atoms. The molecule has 0 atom stereocenters. The minimum atomic E-state index is -0.727. The molecule has 1 fully saturated rings. The van der Waals surface area contributed by atoms with Gasteiger partial charge in [-0.15, -0.1) is 0 Å². The highest BCUT2D eigenvalue weighted by Crippen LogP contribution is 2.30. The molecule has 4 aromatic rings. The van der Waals surface area contributed by atoms with Crippen molar-refractivity contribution in [1.82, 2.24) is 15.0 Å². The summed E-state index contributed by atoms with van der Waals surface area (Å²) in [4.78, 5) is 24.3. The standard InChI is InChI=1S/C25H21N5O3S/c26-12-15-1-10-21-22(11-15)34-25(30-21)29-19-6-2-16(3-7-19)18-13-27-24(28-14-18)33-20-8-4-17(5-9-20)23(31)32/h1-3,6-7,10-11,13-14,17,20H,4-5,8-9H2,(H,29,30)(H,31,32)/t17-,20+. The van der Waals surface area contributed by atoms with Crippen LogP contribution in [0, 0.1) is 17.2 Å². The maximum Gasteiger partial charge on any atom is 0.316 e. The maximum absolute atomic E-state index is 11.1. The number of thiazole rings is 1. The fourth-order valence-corrected chi connectivity index (χ4v) is 4.95. The number of hydrogen-bond donors (Lipinski definition) is 2. The lowest BCUT2D eigenvalue weighted by Crippen LogP contribution is -2.28. The van der Waals surface area contributed by atoms with Gasteiger partial charge in [-0.3, -0.25) is 4.79 Å². The minimum Gasteiger partial charge on any atom is -0.481 e. The Morgan fingerprint density at radius 1 is 1.06 bits per heavy atom. The summed E-state index contributed by atoms with van der Waals surface area (Å²) in [5, 5.41) is 22.2. The first kappa shape index (κ1) is 21.8. The molecule has 1 aliphatic carbocycles. The molecule has 5 rings (SSSR count). The number of hydrogen-bond acceptors (Lipinski definition) is 8. The van der Waals surface area contributed by atoms with Crippen molar-refractivity contribution < 1.29 is 14.6 Å². The predicted molar refractivity (Wildman–Crippen MR) is 129 cm³/mol. The number of anilines is 2. The Balaban J connectivity index is 1.21. The first-order chi connectivity index (χ1) is 16.6. The number of aromatic nitrogens is 3. The molecule has 8 nitrogen and oxygen atoms in total. The van der Waals surface area contributed by atoms with Crippen LogP contribution < -0.4 is 10.1 Å². The largest absolute Gasteiger partial charge is 0.481 e. The zero-order valence-electron chi connectivity index (χ0n) is 18.1. The number of carbonyl (C=O) groups is 1. The molecule has 0 saturated heterocycles. The van der Waals surface area contributed by atoms with Gasteiger partial charge in [0.1, 0.15) is 6.10 Å². The lowest BCUT2D eigenvalue weighted by molar-refractivity contribution is -0.143. The Morgan fingerprint density at radius 3 is 2.47 bits per heavy atom. The molecule has 2 N–H and O–H groups in total. The van der Waals surface area contributed by atoms with Crippen molar-refractivity contribution in [3.8, 4) is 23.2 Å². The normalized spacial score (nSPS) is 17.7. The van der Waals surface area contributed by atoms with E-state index in [-0.39, 0.29) is 12.0 Å². The number of nitrogens with zero attached hydrogens (tertiary/aromatic N) is 4. The van der Waals surface area contributed by atoms with Gasteiger partial charge in [0.2, 0.25) is 0 Å². The highest BCUT2D eigenvalue weighted by atomic mass is 32.1. The molecule has 2 aromatic carbocycles. The van der Waals surface area contributed by atoms with E-state index in [1.807, 2.05) is 36.4 Å². The van der Waals surface area contributed by atoms with Crippen LogP contribution in [0.3, 0.4) is 0 Å². The van der Waals surface area contributed by atoms with Crippen LogP contribution in [0.25, 0.3) is 21.3 Å². The van der Waals surface area contributed by atoms with Crippen LogP contribution in [0.4, 0.5) is 10.8 Å². The number of nitrogens with one attached hydrogen (secondary N) is 1. The molecule has 170 valence electrons. The van der Waals surface area contributed by atoms with Crippen LogP contribution in [0.2, 0.25) is 0 Å². The smallest absolute Gasteiger partial charge is 0.316 e. The number of fused-ring (bicyclic) bond motifs is 1. The molecule has 0 aliphatic heterocycles. The molecule has 1 saturated carbocycles. The van der Waals surface area contributed by atoms with Gasteiger partial charge in [0.15, 0.2) is 5.13 Å². The molecule has 0 bridgehead atoms. The molecule has 9 heteroatoms. The third-order valence-electron chi connectivity index (χ3n) is 5.91. The highest BCUT2D eigenvalue weighted by molar-refractivity contribution is 7.22. The summed E-state index contributed by atoms with van der Waals surface area (Å²) in [6.45, 7) is 0. The molecule has 0 radical (unpaired) electrons. The molecule has 2 aromatic heterocycles. The average Bonchev–Trinajstić information content (AvgIpc) is 3.27. The van der Waals surface area contributed by atoms with Gasteiger partial charge < -0.3 is 15.2 Å². The van der Waals surface area contributed by atoms with Crippen molar-refractivity contribution >= 4 is 38.3 Å². The summed E-state index contributed by atoms with van der Waals surface area (Å²) in [7, 11) is 0. The SMILES string of the molecule is N#Cc1ccc2nc(Nc3ccc(-c4cnc(O[C@H]5CC[C@@H](C(=O)O)CC5)nc4)cc3)sc2c1. The van der Waals surface area contributed by atoms with Crippen molar-refractivity contribution in [3.63, 3.8) is 0 Å². The Morgan fingerprint density at radius 2 is 1.79 bits per heavy atom. The van der Waals surface area contributed by atoms with E-state index < -0.39 is 5.97 Å². The second kappa shape index (κ2) is 9.45. The lowest BCUT2D eigenvalue weighted by atomic mass is 9.87. The number of rotatable bonds is 6. The topological polar surface area (TPSA) is 121 Å². The first-order valence-corrected chi connectivity index (χ1v) is 11.8. The number of aliphatic carboxylic acids is 1. The summed E-state index contributed by atoms with van der Waals surface area (Å²) >= 11 is 1.50. The van der Waals surface area contributed by atoms with Crippen molar-refractivity contribution in [1.29, 1.82) is 5.26 Å². The Bertz CT molecular complexity index is 1350. The summed E-state index contributed by atoms with van der Waals surface area (Å²) in [5.41, 5.74) is 4.23. The van der Waals surface area contributed by atoms with Gasteiger partial charge in [-0.25, -0.2) is 15.0 Å². The third-order valence-corrected chi connectivity index (χ3v) is 6.84. The zero-order valence-corrected chi connectivity index (χ0v) is 19.0. The van der Waals surface area contributed by atoms with Gasteiger partial charge in [-0.1, -0.05) is 23.5 Å². The van der Waals surface area contributed by atoms with E-state index >= 15 is 0 Å². The van der Waals surface area contributed by atoms with Gasteiger partial charge in [0, 0.05) is 23.6 Å². The predicted octanol–water partition coefficient (Wildman–Crippen LogP) is 5.39. The molecular weight excluding hydrogens is 450 g/mol. The molecule has 2 heterocycles. The van der Waals surface area contributed by atoms with E-state index in [0.29, 0.717) is 37.3 Å².